The second-order valence-corrected chi connectivity index (χ2v) is 9.45. The summed E-state index contributed by atoms with van der Waals surface area (Å²) in [5, 5.41) is 10.5. The van der Waals surface area contributed by atoms with Crippen LogP contribution in [0.1, 0.15) is 27.8 Å². The Kier molecular flexibility index (Phi) is 6.89. The Morgan fingerprint density at radius 2 is 1.72 bits per heavy atom. The van der Waals surface area contributed by atoms with Crippen LogP contribution in [0.3, 0.4) is 0 Å². The maximum absolute atomic E-state index is 13.9. The second-order valence-electron chi connectivity index (χ2n) is 8.45. The van der Waals surface area contributed by atoms with Gasteiger partial charge in [0.2, 0.25) is 0 Å². The lowest BCUT2D eigenvalue weighted by Crippen LogP contribution is -2.18. The average molecular weight is 562 g/mol. The van der Waals surface area contributed by atoms with Crippen molar-refractivity contribution in [3.05, 3.63) is 94.0 Å². The number of allylic oxidation sites excluding steroid dienone is 1. The normalized spacial score (nSPS) is 15.5. The van der Waals surface area contributed by atoms with Gasteiger partial charge in [0, 0.05) is 29.9 Å². The van der Waals surface area contributed by atoms with Crippen molar-refractivity contribution in [2.45, 2.75) is 25.3 Å². The predicted molar refractivity (Wildman–Crippen MR) is 132 cm³/mol. The number of benzene rings is 2. The van der Waals surface area contributed by atoms with E-state index in [1.807, 2.05) is 0 Å². The maximum Gasteiger partial charge on any atom is 0.416 e. The summed E-state index contributed by atoms with van der Waals surface area (Å²) in [6.45, 7) is 0.237. The second kappa shape index (κ2) is 10.2. The minimum absolute atomic E-state index is 0.0534. The van der Waals surface area contributed by atoms with E-state index in [1.165, 1.54) is 12.5 Å². The highest BCUT2D eigenvalue weighted by Gasteiger charge is 2.38. The number of nitrogens with one attached hydrogen (secondary N) is 2. The highest BCUT2D eigenvalue weighted by Crippen LogP contribution is 2.41. The largest absolute Gasteiger partial charge is 0.416 e. The van der Waals surface area contributed by atoms with Gasteiger partial charge < -0.3 is 5.32 Å². The molecule has 0 spiro atoms. The Balaban J connectivity index is 1.55. The van der Waals surface area contributed by atoms with Crippen molar-refractivity contribution in [2.75, 3.05) is 0 Å². The van der Waals surface area contributed by atoms with Gasteiger partial charge >= 0.3 is 12.4 Å². The third kappa shape index (κ3) is 5.79. The van der Waals surface area contributed by atoms with E-state index in [0.29, 0.717) is 28.1 Å². The van der Waals surface area contributed by atoms with Crippen LogP contribution in [0.4, 0.5) is 26.3 Å². The van der Waals surface area contributed by atoms with E-state index in [1.54, 1.807) is 30.6 Å². The minimum atomic E-state index is -5.06. The van der Waals surface area contributed by atoms with Gasteiger partial charge in [-0.05, 0) is 59.1 Å². The molecule has 2 aromatic heterocycles. The molecule has 1 aliphatic heterocycles. The van der Waals surface area contributed by atoms with Crippen molar-refractivity contribution in [3.63, 3.8) is 0 Å². The number of carbonyl (C=O) groups is 1. The van der Waals surface area contributed by atoms with Crippen LogP contribution in [0, 0.1) is 0 Å². The molecule has 0 saturated carbocycles. The summed E-state index contributed by atoms with van der Waals surface area (Å²) in [6, 6.07) is 6.37. The van der Waals surface area contributed by atoms with Gasteiger partial charge in [0.1, 0.15) is 6.33 Å². The number of fused-ring (bicyclic) bond motifs is 1. The van der Waals surface area contributed by atoms with Crippen molar-refractivity contribution in [1.29, 1.82) is 0 Å². The molecular weight excluding hydrogens is 546 g/mol. The highest BCUT2D eigenvalue weighted by atomic mass is 32.2. The van der Waals surface area contributed by atoms with Crippen LogP contribution in [0.5, 0.6) is 0 Å². The number of rotatable bonds is 5. The summed E-state index contributed by atoms with van der Waals surface area (Å²) < 4.78 is 81.3. The standard InChI is InChI=1S/C25H16F6N6OS/c26-24(27,28)17-3-1-15(19(7-17)25(29,30)31)6-18(14-2-4-20-16(5-14)11-35-37-20)21-22(38)36-23(39-21)34-10-13-8-32-12-33-9-13/h1-5,7-9,11-12H,6,10H2,(H,35,37)(H,34,36,38). The van der Waals surface area contributed by atoms with Gasteiger partial charge in [0.15, 0.2) is 5.17 Å². The van der Waals surface area contributed by atoms with Crippen LogP contribution in [0.25, 0.3) is 16.5 Å². The molecule has 2 aromatic carbocycles. The number of carbonyl (C=O) groups excluding carboxylic acids is 1. The van der Waals surface area contributed by atoms with Gasteiger partial charge in [0.25, 0.3) is 5.91 Å². The van der Waals surface area contributed by atoms with E-state index >= 15 is 0 Å². The Morgan fingerprint density at radius 3 is 2.44 bits per heavy atom. The molecule has 1 aliphatic rings. The molecule has 1 amide bonds. The monoisotopic (exact) mass is 562 g/mol. The van der Waals surface area contributed by atoms with Crippen LogP contribution in [-0.4, -0.2) is 31.2 Å². The van der Waals surface area contributed by atoms with Crippen molar-refractivity contribution in [2.24, 2.45) is 4.99 Å². The number of amidine groups is 1. The molecule has 3 heterocycles. The summed E-state index contributed by atoms with van der Waals surface area (Å²) in [4.78, 5) is 24.8. The van der Waals surface area contributed by atoms with E-state index in [4.69, 9.17) is 0 Å². The van der Waals surface area contributed by atoms with Crippen molar-refractivity contribution >= 4 is 39.3 Å². The van der Waals surface area contributed by atoms with Gasteiger partial charge in [0.05, 0.1) is 27.7 Å². The number of aromatic nitrogens is 4. The molecule has 0 radical (unpaired) electrons. The van der Waals surface area contributed by atoms with Crippen molar-refractivity contribution in [3.8, 4) is 0 Å². The van der Waals surface area contributed by atoms with Gasteiger partial charge in [-0.15, -0.1) is 0 Å². The van der Waals surface area contributed by atoms with E-state index in [0.717, 1.165) is 17.8 Å². The molecule has 14 heteroatoms. The quantitative estimate of drug-likeness (QED) is 0.237. The first-order valence-corrected chi connectivity index (χ1v) is 12.0. The molecule has 5 rings (SSSR count). The molecule has 0 aliphatic carbocycles. The lowest BCUT2D eigenvalue weighted by molar-refractivity contribution is -0.143. The fraction of sp³-hybridized carbons (Fsp3) is 0.160. The molecule has 0 atom stereocenters. The number of hydrogen-bond acceptors (Lipinski definition) is 6. The van der Waals surface area contributed by atoms with Gasteiger partial charge in [-0.1, -0.05) is 12.1 Å². The fourth-order valence-electron chi connectivity index (χ4n) is 3.98. The van der Waals surface area contributed by atoms with E-state index in [-0.39, 0.29) is 28.3 Å². The third-order valence-electron chi connectivity index (χ3n) is 5.83. The molecular formula is C25H16F6N6OS. The first-order chi connectivity index (χ1) is 18.5. The first-order valence-electron chi connectivity index (χ1n) is 11.2. The topological polar surface area (TPSA) is 95.9 Å². The Morgan fingerprint density at radius 1 is 0.949 bits per heavy atom. The number of nitrogens with zero attached hydrogens (tertiary/aromatic N) is 4. The number of halogens is 6. The third-order valence-corrected chi connectivity index (χ3v) is 6.88. The van der Waals surface area contributed by atoms with Gasteiger partial charge in [-0.2, -0.15) is 36.4 Å². The molecule has 2 N–H and O–H groups in total. The molecule has 4 aromatic rings. The van der Waals surface area contributed by atoms with E-state index < -0.39 is 41.4 Å². The van der Waals surface area contributed by atoms with E-state index in [9.17, 15) is 31.1 Å². The SMILES string of the molecule is O=C1N=C(NCc2cncnc2)SC1=C(Cc1ccc(C(F)(F)F)cc1C(F)(F)F)c1ccc2[nH]ncc2c1. The highest BCUT2D eigenvalue weighted by molar-refractivity contribution is 8.18. The smallest absolute Gasteiger partial charge is 0.360 e. The van der Waals surface area contributed by atoms with Crippen LogP contribution in [-0.2, 0) is 30.1 Å². The number of aromatic amines is 1. The van der Waals surface area contributed by atoms with Crippen molar-refractivity contribution in [1.82, 2.24) is 25.5 Å². The summed E-state index contributed by atoms with van der Waals surface area (Å²) in [5.41, 5.74) is -1.32. The molecule has 0 fully saturated rings. The summed E-state index contributed by atoms with van der Waals surface area (Å²) >= 11 is 0.932. The lowest BCUT2D eigenvalue weighted by Gasteiger charge is -2.18. The zero-order valence-electron chi connectivity index (χ0n) is 19.6. The number of alkyl halides is 6. The Bertz CT molecular complexity index is 1610. The Labute approximate surface area is 220 Å². The molecule has 7 nitrogen and oxygen atoms in total. The summed E-state index contributed by atoms with van der Waals surface area (Å²) in [6.07, 6.45) is -4.50. The molecule has 200 valence electrons. The van der Waals surface area contributed by atoms with Crippen LogP contribution in [0.2, 0.25) is 0 Å². The maximum atomic E-state index is 13.9. The number of thioether (sulfide) groups is 1. The summed E-state index contributed by atoms with van der Waals surface area (Å²) in [7, 11) is 0. The first kappa shape index (κ1) is 26.4. The van der Waals surface area contributed by atoms with Crippen LogP contribution < -0.4 is 5.32 Å². The van der Waals surface area contributed by atoms with Crippen LogP contribution >= 0.6 is 11.8 Å². The molecule has 0 bridgehead atoms. The number of hydrogen-bond donors (Lipinski definition) is 2. The molecule has 39 heavy (non-hydrogen) atoms. The number of H-pyrrole nitrogens is 1. The fourth-order valence-corrected chi connectivity index (χ4v) is 4.89. The average Bonchev–Trinajstić information content (AvgIpc) is 3.51. The predicted octanol–water partition coefficient (Wildman–Crippen LogP) is 5.76. The summed E-state index contributed by atoms with van der Waals surface area (Å²) in [5.74, 6) is -0.686. The number of amides is 1. The lowest BCUT2D eigenvalue weighted by atomic mass is 9.92. The van der Waals surface area contributed by atoms with Gasteiger partial charge in [-0.25, -0.2) is 9.97 Å². The van der Waals surface area contributed by atoms with Gasteiger partial charge in [-0.3, -0.25) is 9.89 Å². The minimum Gasteiger partial charge on any atom is -0.360 e. The molecule has 0 unspecified atom stereocenters. The van der Waals surface area contributed by atoms with Crippen LogP contribution in [0.15, 0.2) is 71.2 Å². The number of aliphatic imine (C=N–C) groups is 1. The zero-order valence-corrected chi connectivity index (χ0v) is 20.4. The van der Waals surface area contributed by atoms with E-state index in [2.05, 4.69) is 30.5 Å². The zero-order chi connectivity index (χ0) is 27.8. The van der Waals surface area contributed by atoms with Crippen molar-refractivity contribution < 1.29 is 31.1 Å². The Hall–Kier alpha value is -4.20. The molecule has 0 saturated heterocycles.